The van der Waals surface area contributed by atoms with E-state index in [1.807, 2.05) is 11.8 Å². The van der Waals surface area contributed by atoms with E-state index in [4.69, 9.17) is 10.5 Å². The molecule has 1 aliphatic carbocycles. The zero-order valence-electron chi connectivity index (χ0n) is 10.2. The van der Waals surface area contributed by atoms with Crippen LogP contribution < -0.4 is 5.73 Å². The molecule has 94 valence electrons. The molecule has 1 aliphatic heterocycles. The number of ether oxygens (including phenoxy) is 1. The van der Waals surface area contributed by atoms with Crippen molar-refractivity contribution in [2.75, 3.05) is 18.1 Å². The predicted octanol–water partition coefficient (Wildman–Crippen LogP) is 2.95. The third-order valence-electron chi connectivity index (χ3n) is 3.90. The van der Waals surface area contributed by atoms with Crippen LogP contribution in [-0.4, -0.2) is 29.8 Å². The Balaban J connectivity index is 1.66. The Bertz CT molecular complexity index is 204. The summed E-state index contributed by atoms with van der Waals surface area (Å²) in [5.74, 6) is 2.38. The molecule has 0 amide bonds. The van der Waals surface area contributed by atoms with Crippen molar-refractivity contribution in [3.63, 3.8) is 0 Å². The first kappa shape index (κ1) is 12.7. The van der Waals surface area contributed by atoms with E-state index in [1.165, 1.54) is 56.5 Å². The average molecular weight is 243 g/mol. The molecule has 0 aromatic carbocycles. The summed E-state index contributed by atoms with van der Waals surface area (Å²) < 4.78 is 6.32. The van der Waals surface area contributed by atoms with Gasteiger partial charge in [-0.1, -0.05) is 19.3 Å². The molecule has 1 atom stereocenters. The number of thioether (sulfide) groups is 1. The van der Waals surface area contributed by atoms with Gasteiger partial charge in [0.25, 0.3) is 0 Å². The minimum atomic E-state index is 0.303. The van der Waals surface area contributed by atoms with E-state index in [2.05, 4.69) is 0 Å². The highest BCUT2D eigenvalue weighted by atomic mass is 32.2. The van der Waals surface area contributed by atoms with Crippen LogP contribution in [0.15, 0.2) is 0 Å². The van der Waals surface area contributed by atoms with E-state index in [-0.39, 0.29) is 0 Å². The summed E-state index contributed by atoms with van der Waals surface area (Å²) in [5.41, 5.74) is 5.79. The van der Waals surface area contributed by atoms with Crippen LogP contribution in [0.2, 0.25) is 0 Å². The molecule has 0 aromatic rings. The molecule has 0 bridgehead atoms. The van der Waals surface area contributed by atoms with Crippen LogP contribution >= 0.6 is 11.8 Å². The highest BCUT2D eigenvalue weighted by Crippen LogP contribution is 2.42. The molecule has 3 heteroatoms. The molecule has 2 fully saturated rings. The summed E-state index contributed by atoms with van der Waals surface area (Å²) in [6.07, 6.45) is 11.1. The summed E-state index contributed by atoms with van der Waals surface area (Å²) >= 11 is 2.02. The molecular weight excluding hydrogens is 218 g/mol. The molecule has 1 spiro atoms. The molecule has 0 radical (unpaired) electrons. The lowest BCUT2D eigenvalue weighted by Crippen LogP contribution is -2.32. The maximum absolute atomic E-state index is 6.32. The fraction of sp³-hybridized carbons (Fsp3) is 1.00. The third-order valence-corrected chi connectivity index (χ3v) is 5.08. The van der Waals surface area contributed by atoms with E-state index in [9.17, 15) is 0 Å². The van der Waals surface area contributed by atoms with E-state index < -0.39 is 0 Å². The molecule has 16 heavy (non-hydrogen) atoms. The van der Waals surface area contributed by atoms with Crippen LogP contribution in [0.4, 0.5) is 0 Å². The van der Waals surface area contributed by atoms with Gasteiger partial charge in [-0.3, -0.25) is 0 Å². The van der Waals surface area contributed by atoms with Crippen molar-refractivity contribution in [3.05, 3.63) is 0 Å². The lowest BCUT2D eigenvalue weighted by molar-refractivity contribution is -0.0555. The Morgan fingerprint density at radius 1 is 1.19 bits per heavy atom. The van der Waals surface area contributed by atoms with Crippen molar-refractivity contribution in [2.45, 2.75) is 63.1 Å². The summed E-state index contributed by atoms with van der Waals surface area (Å²) in [5, 5.41) is 0. The Morgan fingerprint density at radius 2 is 2.00 bits per heavy atom. The van der Waals surface area contributed by atoms with Gasteiger partial charge in [0.1, 0.15) is 0 Å². The fourth-order valence-electron chi connectivity index (χ4n) is 2.98. The first-order valence-corrected chi connectivity index (χ1v) is 7.96. The van der Waals surface area contributed by atoms with E-state index in [1.54, 1.807) is 0 Å². The molecule has 2 aliphatic rings. The van der Waals surface area contributed by atoms with Crippen molar-refractivity contribution >= 4 is 11.8 Å². The summed E-state index contributed by atoms with van der Waals surface area (Å²) in [6, 6.07) is 0. The molecule has 1 heterocycles. The molecule has 2 rings (SSSR count). The zero-order chi connectivity index (χ0) is 11.3. The van der Waals surface area contributed by atoms with Gasteiger partial charge in [0.05, 0.1) is 11.7 Å². The van der Waals surface area contributed by atoms with E-state index in [0.717, 1.165) is 13.0 Å². The number of nitrogens with two attached hydrogens (primary N) is 1. The van der Waals surface area contributed by atoms with Crippen molar-refractivity contribution in [3.8, 4) is 0 Å². The van der Waals surface area contributed by atoms with Crippen LogP contribution in [0.3, 0.4) is 0 Å². The first-order chi connectivity index (χ1) is 7.85. The quantitative estimate of drug-likeness (QED) is 0.754. The van der Waals surface area contributed by atoms with Gasteiger partial charge < -0.3 is 10.5 Å². The molecule has 2 nitrogen and oxygen atoms in total. The van der Waals surface area contributed by atoms with Gasteiger partial charge in [-0.05, 0) is 44.4 Å². The summed E-state index contributed by atoms with van der Waals surface area (Å²) in [7, 11) is 0. The Hall–Kier alpha value is 0.270. The van der Waals surface area contributed by atoms with E-state index >= 15 is 0 Å². The second-order valence-corrected chi connectivity index (χ2v) is 6.39. The standard InChI is InChI=1S/C13H25NOS/c14-9-4-10-16-11-12-5-8-13(15-12)6-2-1-3-7-13/h12H,1-11,14H2. The second-order valence-electron chi connectivity index (χ2n) is 5.24. The Kier molecular flexibility index (Phi) is 4.98. The van der Waals surface area contributed by atoms with Crippen molar-refractivity contribution < 1.29 is 4.74 Å². The molecule has 1 saturated heterocycles. The Morgan fingerprint density at radius 3 is 2.75 bits per heavy atom. The van der Waals surface area contributed by atoms with Crippen LogP contribution in [-0.2, 0) is 4.74 Å². The molecule has 1 saturated carbocycles. The minimum absolute atomic E-state index is 0.303. The van der Waals surface area contributed by atoms with Gasteiger partial charge in [-0.25, -0.2) is 0 Å². The van der Waals surface area contributed by atoms with Crippen LogP contribution in [0.5, 0.6) is 0 Å². The highest BCUT2D eigenvalue weighted by Gasteiger charge is 2.40. The first-order valence-electron chi connectivity index (χ1n) is 6.80. The average Bonchev–Trinajstić information content (AvgIpc) is 2.69. The lowest BCUT2D eigenvalue weighted by Gasteiger charge is -2.33. The van der Waals surface area contributed by atoms with Crippen molar-refractivity contribution in [1.82, 2.24) is 0 Å². The van der Waals surface area contributed by atoms with Gasteiger partial charge in [0.2, 0.25) is 0 Å². The number of hydrogen-bond donors (Lipinski definition) is 1. The number of hydrogen-bond acceptors (Lipinski definition) is 3. The zero-order valence-corrected chi connectivity index (χ0v) is 11.1. The maximum atomic E-state index is 6.32. The molecule has 2 N–H and O–H groups in total. The topological polar surface area (TPSA) is 35.2 Å². The minimum Gasteiger partial charge on any atom is -0.371 e. The van der Waals surface area contributed by atoms with Crippen molar-refractivity contribution in [1.29, 1.82) is 0 Å². The van der Waals surface area contributed by atoms with Gasteiger partial charge in [0.15, 0.2) is 0 Å². The third kappa shape index (κ3) is 3.38. The highest BCUT2D eigenvalue weighted by molar-refractivity contribution is 7.99. The Labute approximate surface area is 104 Å². The van der Waals surface area contributed by atoms with Gasteiger partial charge in [-0.2, -0.15) is 11.8 Å². The summed E-state index contributed by atoms with van der Waals surface area (Å²) in [4.78, 5) is 0. The summed E-state index contributed by atoms with van der Waals surface area (Å²) in [6.45, 7) is 0.822. The normalized spacial score (nSPS) is 28.7. The molecular formula is C13H25NOS. The smallest absolute Gasteiger partial charge is 0.0687 e. The lowest BCUT2D eigenvalue weighted by atomic mass is 9.83. The van der Waals surface area contributed by atoms with Gasteiger partial charge >= 0.3 is 0 Å². The number of rotatable bonds is 5. The molecule has 0 aromatic heterocycles. The second kappa shape index (κ2) is 6.27. The van der Waals surface area contributed by atoms with Crippen LogP contribution in [0.1, 0.15) is 51.4 Å². The monoisotopic (exact) mass is 243 g/mol. The van der Waals surface area contributed by atoms with Gasteiger partial charge in [0, 0.05) is 5.75 Å². The fourth-order valence-corrected chi connectivity index (χ4v) is 4.01. The maximum Gasteiger partial charge on any atom is 0.0687 e. The SMILES string of the molecule is NCCCSCC1CCC2(CCCCC2)O1. The van der Waals surface area contributed by atoms with Crippen molar-refractivity contribution in [2.24, 2.45) is 5.73 Å². The van der Waals surface area contributed by atoms with Crippen LogP contribution in [0.25, 0.3) is 0 Å². The van der Waals surface area contributed by atoms with E-state index in [0.29, 0.717) is 11.7 Å². The largest absolute Gasteiger partial charge is 0.371 e. The van der Waals surface area contributed by atoms with Gasteiger partial charge in [-0.15, -0.1) is 0 Å². The van der Waals surface area contributed by atoms with Crippen LogP contribution in [0, 0.1) is 0 Å². The predicted molar refractivity (Wildman–Crippen MR) is 70.9 cm³/mol. The molecule has 1 unspecified atom stereocenters.